The van der Waals surface area contributed by atoms with Crippen LogP contribution in [0.5, 0.6) is 0 Å². The smallest absolute Gasteiger partial charge is 0.348 e. The zero-order chi connectivity index (χ0) is 13.4. The number of ether oxygens (including phenoxy) is 2. The van der Waals surface area contributed by atoms with Gasteiger partial charge in [0.2, 0.25) is 0 Å². The normalized spacial score (nSPS) is 13.1. The summed E-state index contributed by atoms with van der Waals surface area (Å²) in [5.41, 5.74) is 1.37. The predicted octanol–water partition coefficient (Wildman–Crippen LogP) is 2.41. The van der Waals surface area contributed by atoms with Gasteiger partial charge < -0.3 is 9.47 Å². The maximum Gasteiger partial charge on any atom is 0.348 e. The van der Waals surface area contributed by atoms with Crippen molar-refractivity contribution in [2.24, 2.45) is 0 Å². The molecule has 1 aliphatic heterocycles. The van der Waals surface area contributed by atoms with E-state index in [1.807, 2.05) is 0 Å². The van der Waals surface area contributed by atoms with Crippen LogP contribution in [-0.4, -0.2) is 35.9 Å². The maximum atomic E-state index is 11.7. The first-order valence-electron chi connectivity index (χ1n) is 4.58. The van der Waals surface area contributed by atoms with Gasteiger partial charge in [0.15, 0.2) is 0 Å². The van der Waals surface area contributed by atoms with Crippen molar-refractivity contribution in [2.45, 2.75) is 0 Å². The van der Waals surface area contributed by atoms with Crippen LogP contribution in [-0.2, 0) is 19.1 Å². The number of rotatable bonds is 2. The second-order valence-corrected chi connectivity index (χ2v) is 7.82. The second kappa shape index (κ2) is 5.28. The second-order valence-electron chi connectivity index (χ2n) is 3.14. The Bertz CT molecular complexity index is 578. The Kier molecular flexibility index (Phi) is 4.10. The van der Waals surface area contributed by atoms with Crippen molar-refractivity contribution in [3.05, 3.63) is 18.7 Å². The minimum atomic E-state index is -0.467. The average molecular weight is 414 g/mol. The van der Waals surface area contributed by atoms with E-state index in [4.69, 9.17) is 9.47 Å². The molecule has 0 atom stereocenters. The molecule has 0 N–H and O–H groups in total. The summed E-state index contributed by atoms with van der Waals surface area (Å²) >= 11 is 8.17. The summed E-state index contributed by atoms with van der Waals surface area (Å²) in [6, 6.07) is 0. The summed E-state index contributed by atoms with van der Waals surface area (Å²) in [7, 11) is 3.68. The molecule has 96 valence electrons. The standard InChI is InChI=1S/C10H6Br2O4S2/c1-15-9(13)5-3-4(8(12)18-7(3)11)6(17-5)10(14)16-2/h1-2H3. The molecule has 1 aliphatic rings. The van der Waals surface area contributed by atoms with Crippen molar-refractivity contribution in [3.63, 3.8) is 0 Å². The number of carbonyl (C=O) groups is 2. The van der Waals surface area contributed by atoms with E-state index in [1.165, 1.54) is 25.6 Å². The summed E-state index contributed by atoms with van der Waals surface area (Å²) in [5, 5.41) is 0. The maximum absolute atomic E-state index is 11.7. The van der Waals surface area contributed by atoms with Gasteiger partial charge >= 0.3 is 11.9 Å². The number of carbonyl (C=O) groups excluding carboxylic acids is 2. The Labute approximate surface area is 127 Å². The SMILES string of the molecule is COC(=O)C1=S=C(C(=O)OC)c2c(Br)sc(Br)c21. The van der Waals surface area contributed by atoms with Crippen LogP contribution in [0, 0.1) is 0 Å². The fraction of sp³-hybridized carbons (Fsp3) is 0.200. The quantitative estimate of drug-likeness (QED) is 0.551. The van der Waals surface area contributed by atoms with Gasteiger partial charge in [0, 0.05) is 11.1 Å². The third-order valence-corrected chi connectivity index (χ3v) is 5.90. The van der Waals surface area contributed by atoms with Gasteiger partial charge in [-0.2, -0.15) is 0 Å². The monoisotopic (exact) mass is 412 g/mol. The topological polar surface area (TPSA) is 52.6 Å². The molecule has 2 rings (SSSR count). The Hall–Kier alpha value is -0.440. The number of fused-ring (bicyclic) bond motifs is 1. The minimum absolute atomic E-state index is 0.390. The zero-order valence-electron chi connectivity index (χ0n) is 9.21. The molecule has 0 aliphatic carbocycles. The highest BCUT2D eigenvalue weighted by atomic mass is 79.9. The summed E-state index contributed by atoms with van der Waals surface area (Å²) in [4.78, 5) is 24.2. The molecule has 0 spiro atoms. The third-order valence-electron chi connectivity index (χ3n) is 2.22. The lowest BCUT2D eigenvalue weighted by atomic mass is 10.1. The number of thiophene rings is 1. The van der Waals surface area contributed by atoms with Crippen LogP contribution in [0.15, 0.2) is 7.57 Å². The predicted molar refractivity (Wildman–Crippen MR) is 79.6 cm³/mol. The van der Waals surface area contributed by atoms with Gasteiger partial charge in [0.1, 0.15) is 9.73 Å². The van der Waals surface area contributed by atoms with Crippen LogP contribution in [0.25, 0.3) is 0 Å². The molecule has 1 aromatic heterocycles. The lowest BCUT2D eigenvalue weighted by Crippen LogP contribution is -2.16. The summed E-state index contributed by atoms with van der Waals surface area (Å²) in [5.74, 6) is -0.933. The molecule has 0 aromatic carbocycles. The van der Waals surface area contributed by atoms with Crippen molar-refractivity contribution in [1.29, 1.82) is 0 Å². The van der Waals surface area contributed by atoms with Crippen LogP contribution >= 0.6 is 54.1 Å². The largest absolute Gasteiger partial charge is 0.465 e. The molecular formula is C10H6Br2O4S2. The van der Waals surface area contributed by atoms with Gasteiger partial charge in [-0.1, -0.05) is 0 Å². The molecule has 0 amide bonds. The fourth-order valence-corrected chi connectivity index (χ4v) is 6.19. The molecule has 4 nitrogen and oxygen atoms in total. The molecule has 2 heterocycles. The van der Waals surface area contributed by atoms with Gasteiger partial charge in [-0.15, -0.1) is 22.3 Å². The number of esters is 2. The lowest BCUT2D eigenvalue weighted by molar-refractivity contribution is -0.133. The van der Waals surface area contributed by atoms with E-state index in [1.54, 1.807) is 0 Å². The van der Waals surface area contributed by atoms with Crippen molar-refractivity contribution in [2.75, 3.05) is 14.2 Å². The zero-order valence-corrected chi connectivity index (χ0v) is 14.0. The van der Waals surface area contributed by atoms with Crippen LogP contribution in [0.4, 0.5) is 0 Å². The molecule has 8 heteroatoms. The lowest BCUT2D eigenvalue weighted by Gasteiger charge is -2.01. The highest BCUT2D eigenvalue weighted by Crippen LogP contribution is 2.41. The number of hydrogen-bond acceptors (Lipinski definition) is 5. The summed E-state index contributed by atoms with van der Waals surface area (Å²) < 4.78 is 11.0. The number of methoxy groups -OCH3 is 2. The van der Waals surface area contributed by atoms with E-state index in [9.17, 15) is 9.59 Å². The van der Waals surface area contributed by atoms with Crippen molar-refractivity contribution in [3.8, 4) is 0 Å². The molecule has 0 saturated heterocycles. The van der Waals surface area contributed by atoms with E-state index in [0.29, 0.717) is 20.9 Å². The Morgan fingerprint density at radius 3 is 1.67 bits per heavy atom. The molecule has 0 unspecified atom stereocenters. The molecule has 0 saturated carbocycles. The minimum Gasteiger partial charge on any atom is -0.465 e. The van der Waals surface area contributed by atoms with Crippen molar-refractivity contribution >= 4 is 75.8 Å². The third kappa shape index (κ3) is 2.11. The molecule has 0 bridgehead atoms. The van der Waals surface area contributed by atoms with Crippen molar-refractivity contribution in [1.82, 2.24) is 0 Å². The van der Waals surface area contributed by atoms with E-state index >= 15 is 0 Å². The van der Waals surface area contributed by atoms with E-state index in [2.05, 4.69) is 31.9 Å². The first kappa shape index (κ1) is 14.0. The van der Waals surface area contributed by atoms with Gasteiger partial charge in [-0.05, 0) is 31.9 Å². The average Bonchev–Trinajstić information content (AvgIpc) is 2.88. The highest BCUT2D eigenvalue weighted by molar-refractivity contribution is 9.12. The molecule has 1 aromatic rings. The van der Waals surface area contributed by atoms with E-state index < -0.39 is 11.9 Å². The van der Waals surface area contributed by atoms with E-state index in [0.717, 1.165) is 18.5 Å². The number of hydrogen-bond donors (Lipinski definition) is 0. The van der Waals surface area contributed by atoms with Crippen LogP contribution in [0.2, 0.25) is 0 Å². The van der Waals surface area contributed by atoms with Gasteiger partial charge in [0.05, 0.1) is 21.8 Å². The molecule has 0 radical (unpaired) electrons. The van der Waals surface area contributed by atoms with Gasteiger partial charge in [-0.25, -0.2) is 9.59 Å². The fourth-order valence-electron chi connectivity index (χ4n) is 1.46. The Morgan fingerprint density at radius 1 is 0.944 bits per heavy atom. The Balaban J connectivity index is 2.69. The highest BCUT2D eigenvalue weighted by Gasteiger charge is 2.33. The molecule has 0 fully saturated rings. The van der Waals surface area contributed by atoms with Crippen molar-refractivity contribution < 1.29 is 19.1 Å². The molecule has 18 heavy (non-hydrogen) atoms. The summed E-state index contributed by atoms with van der Waals surface area (Å²) in [6.07, 6.45) is 0. The van der Waals surface area contributed by atoms with Crippen LogP contribution in [0.1, 0.15) is 11.1 Å². The first-order chi connectivity index (χ1) is 8.51. The van der Waals surface area contributed by atoms with Gasteiger partial charge in [-0.3, -0.25) is 0 Å². The Morgan fingerprint density at radius 2 is 1.33 bits per heavy atom. The first-order valence-corrected chi connectivity index (χ1v) is 7.80. The number of halogens is 2. The van der Waals surface area contributed by atoms with Crippen LogP contribution in [0.3, 0.4) is 0 Å². The summed E-state index contributed by atoms with van der Waals surface area (Å²) in [6.45, 7) is 0. The van der Waals surface area contributed by atoms with Crippen LogP contribution < -0.4 is 0 Å². The van der Waals surface area contributed by atoms with E-state index in [-0.39, 0.29) is 0 Å². The molecular weight excluding hydrogens is 408 g/mol. The van der Waals surface area contributed by atoms with Gasteiger partial charge in [0.25, 0.3) is 0 Å².